The van der Waals surface area contributed by atoms with Crippen LogP contribution in [0.3, 0.4) is 0 Å². The number of rotatable bonds is 14. The Hall–Kier alpha value is -1.69. The van der Waals surface area contributed by atoms with Gasteiger partial charge >= 0.3 is 11.9 Å². The van der Waals surface area contributed by atoms with E-state index in [1.165, 1.54) is 64.5 Å². The molecule has 3 unspecified atom stereocenters. The maximum atomic E-state index is 12.4. The molecule has 6 nitrogen and oxygen atoms in total. The van der Waals surface area contributed by atoms with Crippen molar-refractivity contribution in [2.75, 3.05) is 0 Å². The first kappa shape index (κ1) is 24.3. The number of hydrogen-bond acceptors (Lipinski definition) is 6. The topological polar surface area (TPSA) is 89.9 Å². The predicted molar refractivity (Wildman–Crippen MR) is 107 cm³/mol. The van der Waals surface area contributed by atoms with Gasteiger partial charge in [0.05, 0.1) is 0 Å². The van der Waals surface area contributed by atoms with Gasteiger partial charge in [0.1, 0.15) is 6.10 Å². The van der Waals surface area contributed by atoms with Crippen LogP contribution in [-0.4, -0.2) is 40.6 Å². The number of unbranched alkanes of at least 4 members (excludes halogenated alkanes) is 9. The number of hydrogen-bond donors (Lipinski definition) is 1. The van der Waals surface area contributed by atoms with E-state index < -0.39 is 35.5 Å². The lowest BCUT2D eigenvalue weighted by Gasteiger charge is -2.36. The van der Waals surface area contributed by atoms with Gasteiger partial charge in [0.2, 0.25) is 11.4 Å². The molecule has 1 rings (SSSR count). The Morgan fingerprint density at radius 3 is 2.04 bits per heavy atom. The Labute approximate surface area is 168 Å². The van der Waals surface area contributed by atoms with Crippen LogP contribution < -0.4 is 0 Å². The van der Waals surface area contributed by atoms with Gasteiger partial charge in [-0.1, -0.05) is 71.1 Å². The third-order valence-electron chi connectivity index (χ3n) is 5.16. The number of esters is 2. The van der Waals surface area contributed by atoms with E-state index in [-0.39, 0.29) is 0 Å². The van der Waals surface area contributed by atoms with Crippen LogP contribution in [0.1, 0.15) is 91.4 Å². The number of ether oxygens (including phenoxy) is 2. The van der Waals surface area contributed by atoms with Crippen LogP contribution in [-0.2, 0) is 23.9 Å². The molecular weight excluding hydrogens is 360 g/mol. The standard InChI is InChI=1S/C22H36O6/c1-4-5-6-7-8-9-10-11-12-13-14-19(25)22(28-18(3)24)20(26)15-16-21(22)27-17(2)23/h15-16,19,21,25H,4-14H2,1-3H3. The first-order valence-corrected chi connectivity index (χ1v) is 10.6. The zero-order valence-corrected chi connectivity index (χ0v) is 17.6. The molecule has 0 aromatic heterocycles. The molecule has 28 heavy (non-hydrogen) atoms. The summed E-state index contributed by atoms with van der Waals surface area (Å²) in [5.74, 6) is -1.85. The molecule has 0 aromatic rings. The first-order chi connectivity index (χ1) is 13.3. The van der Waals surface area contributed by atoms with Crippen LogP contribution in [0.15, 0.2) is 12.2 Å². The van der Waals surface area contributed by atoms with Gasteiger partial charge in [-0.3, -0.25) is 14.4 Å². The molecule has 0 saturated carbocycles. The molecule has 160 valence electrons. The highest BCUT2D eigenvalue weighted by Gasteiger charge is 2.57. The van der Waals surface area contributed by atoms with Crippen molar-refractivity contribution < 1.29 is 29.0 Å². The van der Waals surface area contributed by atoms with Crippen LogP contribution in [0.4, 0.5) is 0 Å². The lowest BCUT2D eigenvalue weighted by atomic mass is 9.86. The summed E-state index contributed by atoms with van der Waals surface area (Å²) in [4.78, 5) is 35.4. The smallest absolute Gasteiger partial charge is 0.303 e. The number of aliphatic hydroxyl groups excluding tert-OH is 1. The number of aliphatic hydroxyl groups is 1. The van der Waals surface area contributed by atoms with Crippen molar-refractivity contribution >= 4 is 17.7 Å². The minimum atomic E-state index is -1.86. The summed E-state index contributed by atoms with van der Waals surface area (Å²) in [6.45, 7) is 4.60. The summed E-state index contributed by atoms with van der Waals surface area (Å²) in [7, 11) is 0. The summed E-state index contributed by atoms with van der Waals surface area (Å²) in [5, 5.41) is 10.7. The SMILES string of the molecule is CCCCCCCCCCCCC(O)C1(OC(C)=O)C(=O)C=CC1OC(C)=O. The minimum Gasteiger partial charge on any atom is -0.453 e. The second-order valence-electron chi connectivity index (χ2n) is 7.63. The van der Waals surface area contributed by atoms with Crippen LogP contribution in [0, 0.1) is 0 Å². The molecule has 1 N–H and O–H groups in total. The van der Waals surface area contributed by atoms with E-state index in [9.17, 15) is 19.5 Å². The van der Waals surface area contributed by atoms with E-state index in [0.717, 1.165) is 19.3 Å². The second kappa shape index (κ2) is 12.7. The average molecular weight is 397 g/mol. The maximum absolute atomic E-state index is 12.4. The molecule has 6 heteroatoms. The zero-order chi connectivity index (χ0) is 21.0. The Morgan fingerprint density at radius 2 is 1.54 bits per heavy atom. The van der Waals surface area contributed by atoms with Crippen LogP contribution in [0.25, 0.3) is 0 Å². The van der Waals surface area contributed by atoms with Crippen molar-refractivity contribution in [2.24, 2.45) is 0 Å². The molecule has 0 spiro atoms. The van der Waals surface area contributed by atoms with E-state index in [2.05, 4.69) is 6.92 Å². The lowest BCUT2D eigenvalue weighted by molar-refractivity contribution is -0.196. The van der Waals surface area contributed by atoms with Gasteiger partial charge in [-0.2, -0.15) is 0 Å². The fraction of sp³-hybridized carbons (Fsp3) is 0.773. The van der Waals surface area contributed by atoms with Crippen molar-refractivity contribution in [1.82, 2.24) is 0 Å². The lowest BCUT2D eigenvalue weighted by Crippen LogP contribution is -2.58. The van der Waals surface area contributed by atoms with Gasteiger partial charge < -0.3 is 14.6 Å². The molecule has 0 radical (unpaired) electrons. The molecule has 3 atom stereocenters. The summed E-state index contributed by atoms with van der Waals surface area (Å²) in [6.07, 6.45) is 12.1. The highest BCUT2D eigenvalue weighted by atomic mass is 16.6. The molecule has 0 saturated heterocycles. The summed E-state index contributed by atoms with van der Waals surface area (Å²) >= 11 is 0. The number of carbonyl (C=O) groups excluding carboxylic acids is 3. The maximum Gasteiger partial charge on any atom is 0.303 e. The van der Waals surface area contributed by atoms with E-state index in [1.54, 1.807) is 0 Å². The highest BCUT2D eigenvalue weighted by molar-refractivity contribution is 6.02. The van der Waals surface area contributed by atoms with Crippen molar-refractivity contribution in [3.8, 4) is 0 Å². The Bertz CT molecular complexity index is 541. The molecule has 0 bridgehead atoms. The van der Waals surface area contributed by atoms with Gasteiger partial charge in [0, 0.05) is 13.8 Å². The molecular formula is C22H36O6. The third-order valence-corrected chi connectivity index (χ3v) is 5.16. The summed E-state index contributed by atoms with van der Waals surface area (Å²) in [5.41, 5.74) is -1.86. The normalized spacial score (nSPS) is 22.3. The van der Waals surface area contributed by atoms with Crippen molar-refractivity contribution in [3.05, 3.63) is 12.2 Å². The van der Waals surface area contributed by atoms with E-state index >= 15 is 0 Å². The Morgan fingerprint density at radius 1 is 1.00 bits per heavy atom. The molecule has 0 fully saturated rings. The molecule has 1 aliphatic rings. The largest absolute Gasteiger partial charge is 0.453 e. The first-order valence-electron chi connectivity index (χ1n) is 10.6. The fourth-order valence-corrected chi connectivity index (χ4v) is 3.70. The highest BCUT2D eigenvalue weighted by Crippen LogP contribution is 2.34. The summed E-state index contributed by atoms with van der Waals surface area (Å²) in [6, 6.07) is 0. The third kappa shape index (κ3) is 7.38. The monoisotopic (exact) mass is 396 g/mol. The molecule has 0 aromatic carbocycles. The van der Waals surface area contributed by atoms with E-state index in [4.69, 9.17) is 9.47 Å². The Kier molecular flexibility index (Phi) is 11.0. The van der Waals surface area contributed by atoms with Gasteiger partial charge in [-0.05, 0) is 18.6 Å². The van der Waals surface area contributed by atoms with Gasteiger partial charge in [-0.15, -0.1) is 0 Å². The van der Waals surface area contributed by atoms with Crippen molar-refractivity contribution in [3.63, 3.8) is 0 Å². The average Bonchev–Trinajstić information content (AvgIpc) is 2.92. The van der Waals surface area contributed by atoms with E-state index in [1.807, 2.05) is 0 Å². The minimum absolute atomic E-state index is 0.301. The molecule has 0 heterocycles. The van der Waals surface area contributed by atoms with Gasteiger partial charge in [0.15, 0.2) is 6.10 Å². The van der Waals surface area contributed by atoms with Gasteiger partial charge in [0.25, 0.3) is 0 Å². The quantitative estimate of drug-likeness (QED) is 0.352. The fourth-order valence-electron chi connectivity index (χ4n) is 3.70. The zero-order valence-electron chi connectivity index (χ0n) is 17.6. The molecule has 1 aliphatic carbocycles. The summed E-state index contributed by atoms with van der Waals surface area (Å²) < 4.78 is 10.4. The number of carbonyl (C=O) groups is 3. The van der Waals surface area contributed by atoms with Gasteiger partial charge in [-0.25, -0.2) is 0 Å². The van der Waals surface area contributed by atoms with Crippen LogP contribution in [0.5, 0.6) is 0 Å². The van der Waals surface area contributed by atoms with Crippen LogP contribution in [0.2, 0.25) is 0 Å². The van der Waals surface area contributed by atoms with Crippen LogP contribution >= 0.6 is 0 Å². The Balaban J connectivity index is 2.46. The molecule has 0 amide bonds. The van der Waals surface area contributed by atoms with Crippen molar-refractivity contribution in [2.45, 2.75) is 109 Å². The second-order valence-corrected chi connectivity index (χ2v) is 7.63. The predicted octanol–water partition coefficient (Wildman–Crippen LogP) is 4.03. The molecule has 0 aliphatic heterocycles. The van der Waals surface area contributed by atoms with E-state index in [0.29, 0.717) is 12.8 Å². The number of ketones is 1. The van der Waals surface area contributed by atoms with Crippen molar-refractivity contribution in [1.29, 1.82) is 0 Å².